The Morgan fingerprint density at radius 1 is 1.46 bits per heavy atom. The molecule has 78 valence electrons. The van der Waals surface area contributed by atoms with E-state index >= 15 is 0 Å². The van der Waals surface area contributed by atoms with Gasteiger partial charge >= 0.3 is 0 Å². The van der Waals surface area contributed by atoms with E-state index in [-0.39, 0.29) is 0 Å². The van der Waals surface area contributed by atoms with E-state index in [1.165, 1.54) is 6.42 Å². The van der Waals surface area contributed by atoms with Gasteiger partial charge in [0.05, 0.1) is 6.10 Å². The van der Waals surface area contributed by atoms with Gasteiger partial charge in [0, 0.05) is 12.6 Å². The Kier molecular flexibility index (Phi) is 5.35. The molecule has 0 aliphatic carbocycles. The lowest BCUT2D eigenvalue weighted by Gasteiger charge is -2.28. The summed E-state index contributed by atoms with van der Waals surface area (Å²) in [4.78, 5) is 0. The standard InChI is InChI=1S/C10H22N2O/c1-9-8-10(4-7-13-9)12-6-3-2-5-11/h9-10,12H,2-8,11H2,1H3. The molecule has 0 radical (unpaired) electrons. The van der Waals surface area contributed by atoms with Gasteiger partial charge in [0.1, 0.15) is 0 Å². The predicted molar refractivity (Wildman–Crippen MR) is 54.7 cm³/mol. The Morgan fingerprint density at radius 3 is 3.00 bits per heavy atom. The Balaban J connectivity index is 2.00. The summed E-state index contributed by atoms with van der Waals surface area (Å²) >= 11 is 0. The van der Waals surface area contributed by atoms with E-state index in [9.17, 15) is 0 Å². The molecule has 0 aromatic rings. The highest BCUT2D eigenvalue weighted by atomic mass is 16.5. The minimum atomic E-state index is 0.431. The molecule has 1 aliphatic heterocycles. The fourth-order valence-electron chi connectivity index (χ4n) is 1.76. The molecule has 13 heavy (non-hydrogen) atoms. The van der Waals surface area contributed by atoms with Gasteiger partial charge in [-0.1, -0.05) is 0 Å². The van der Waals surface area contributed by atoms with Gasteiger partial charge in [-0.25, -0.2) is 0 Å². The van der Waals surface area contributed by atoms with Gasteiger partial charge in [0.25, 0.3) is 0 Å². The predicted octanol–water partition coefficient (Wildman–Crippen LogP) is 0.882. The summed E-state index contributed by atoms with van der Waals surface area (Å²) < 4.78 is 5.48. The number of unbranched alkanes of at least 4 members (excludes halogenated alkanes) is 1. The molecule has 1 saturated heterocycles. The Labute approximate surface area is 81.0 Å². The Bertz CT molecular complexity index is 130. The van der Waals surface area contributed by atoms with Crippen molar-refractivity contribution in [3.8, 4) is 0 Å². The van der Waals surface area contributed by atoms with Crippen LogP contribution in [0, 0.1) is 0 Å². The van der Waals surface area contributed by atoms with Crippen LogP contribution in [0.25, 0.3) is 0 Å². The number of ether oxygens (including phenoxy) is 1. The smallest absolute Gasteiger partial charge is 0.0561 e. The summed E-state index contributed by atoms with van der Waals surface area (Å²) in [5, 5.41) is 3.55. The lowest BCUT2D eigenvalue weighted by molar-refractivity contribution is 0.0134. The lowest BCUT2D eigenvalue weighted by Crippen LogP contribution is -2.38. The van der Waals surface area contributed by atoms with Crippen LogP contribution in [0.15, 0.2) is 0 Å². The highest BCUT2D eigenvalue weighted by Crippen LogP contribution is 2.12. The van der Waals surface area contributed by atoms with Crippen LogP contribution in [0.2, 0.25) is 0 Å². The van der Waals surface area contributed by atoms with Crippen LogP contribution in [0.3, 0.4) is 0 Å². The van der Waals surface area contributed by atoms with E-state index in [2.05, 4.69) is 12.2 Å². The highest BCUT2D eigenvalue weighted by molar-refractivity contribution is 4.74. The molecule has 3 heteroatoms. The van der Waals surface area contributed by atoms with Crippen LogP contribution in [-0.2, 0) is 4.74 Å². The monoisotopic (exact) mass is 186 g/mol. The summed E-state index contributed by atoms with van der Waals surface area (Å²) in [5.41, 5.74) is 5.42. The van der Waals surface area contributed by atoms with Crippen molar-refractivity contribution in [1.29, 1.82) is 0 Å². The zero-order chi connectivity index (χ0) is 9.52. The normalized spacial score (nSPS) is 29.1. The second-order valence-corrected chi connectivity index (χ2v) is 3.85. The lowest BCUT2D eigenvalue weighted by atomic mass is 10.0. The first kappa shape index (κ1) is 11.0. The number of hydrogen-bond donors (Lipinski definition) is 2. The van der Waals surface area contributed by atoms with Crippen LogP contribution in [0.4, 0.5) is 0 Å². The van der Waals surface area contributed by atoms with Crippen LogP contribution in [0.1, 0.15) is 32.6 Å². The first-order valence-electron chi connectivity index (χ1n) is 5.38. The minimum absolute atomic E-state index is 0.431. The highest BCUT2D eigenvalue weighted by Gasteiger charge is 2.17. The SMILES string of the molecule is CC1CC(NCCCCN)CCO1. The molecule has 2 unspecified atom stereocenters. The maximum absolute atomic E-state index is 5.48. The van der Waals surface area contributed by atoms with Crippen molar-refractivity contribution in [2.45, 2.75) is 44.8 Å². The molecule has 0 aromatic carbocycles. The molecule has 3 nitrogen and oxygen atoms in total. The summed E-state index contributed by atoms with van der Waals surface area (Å²) in [6.07, 6.45) is 5.07. The van der Waals surface area contributed by atoms with Crippen LogP contribution >= 0.6 is 0 Å². The van der Waals surface area contributed by atoms with E-state index in [4.69, 9.17) is 10.5 Å². The molecule has 0 spiro atoms. The first-order chi connectivity index (χ1) is 6.33. The van der Waals surface area contributed by atoms with Crippen molar-refractivity contribution in [1.82, 2.24) is 5.32 Å². The van der Waals surface area contributed by atoms with Crippen molar-refractivity contribution < 1.29 is 4.74 Å². The fourth-order valence-corrected chi connectivity index (χ4v) is 1.76. The number of nitrogens with two attached hydrogens (primary N) is 1. The second kappa shape index (κ2) is 6.35. The molecule has 0 amide bonds. The number of hydrogen-bond acceptors (Lipinski definition) is 3. The van der Waals surface area contributed by atoms with Crippen molar-refractivity contribution in [3.05, 3.63) is 0 Å². The van der Waals surface area contributed by atoms with Crippen LogP contribution in [-0.4, -0.2) is 31.8 Å². The maximum Gasteiger partial charge on any atom is 0.0561 e. The maximum atomic E-state index is 5.48. The molecular formula is C10H22N2O. The van der Waals surface area contributed by atoms with Gasteiger partial charge < -0.3 is 15.8 Å². The third-order valence-electron chi connectivity index (χ3n) is 2.55. The van der Waals surface area contributed by atoms with E-state index in [1.807, 2.05) is 0 Å². The quantitative estimate of drug-likeness (QED) is 0.627. The Morgan fingerprint density at radius 2 is 2.31 bits per heavy atom. The van der Waals surface area contributed by atoms with E-state index in [0.29, 0.717) is 12.1 Å². The molecule has 1 fully saturated rings. The number of nitrogens with one attached hydrogen (secondary N) is 1. The third-order valence-corrected chi connectivity index (χ3v) is 2.55. The topological polar surface area (TPSA) is 47.3 Å². The van der Waals surface area contributed by atoms with Gasteiger partial charge in [0.15, 0.2) is 0 Å². The largest absolute Gasteiger partial charge is 0.378 e. The average Bonchev–Trinajstić information content (AvgIpc) is 2.13. The first-order valence-corrected chi connectivity index (χ1v) is 5.38. The third kappa shape index (κ3) is 4.60. The molecular weight excluding hydrogens is 164 g/mol. The molecule has 0 aromatic heterocycles. The minimum Gasteiger partial charge on any atom is -0.378 e. The zero-order valence-electron chi connectivity index (χ0n) is 8.59. The van der Waals surface area contributed by atoms with Gasteiger partial charge in [-0.3, -0.25) is 0 Å². The van der Waals surface area contributed by atoms with Crippen LogP contribution in [0.5, 0.6) is 0 Å². The van der Waals surface area contributed by atoms with Crippen molar-refractivity contribution in [3.63, 3.8) is 0 Å². The summed E-state index contributed by atoms with van der Waals surface area (Å²) in [7, 11) is 0. The molecule has 1 rings (SSSR count). The molecule has 0 saturated carbocycles. The van der Waals surface area contributed by atoms with Crippen molar-refractivity contribution >= 4 is 0 Å². The van der Waals surface area contributed by atoms with E-state index in [1.54, 1.807) is 0 Å². The summed E-state index contributed by atoms with van der Waals surface area (Å²) in [5.74, 6) is 0. The molecule has 1 aliphatic rings. The van der Waals surface area contributed by atoms with E-state index in [0.717, 1.165) is 39.0 Å². The zero-order valence-corrected chi connectivity index (χ0v) is 8.59. The Hall–Kier alpha value is -0.120. The van der Waals surface area contributed by atoms with Gasteiger partial charge in [-0.05, 0) is 45.7 Å². The molecule has 3 N–H and O–H groups in total. The second-order valence-electron chi connectivity index (χ2n) is 3.85. The summed E-state index contributed by atoms with van der Waals surface area (Å²) in [6, 6.07) is 0.668. The van der Waals surface area contributed by atoms with E-state index < -0.39 is 0 Å². The number of rotatable bonds is 5. The van der Waals surface area contributed by atoms with Crippen LogP contribution < -0.4 is 11.1 Å². The summed E-state index contributed by atoms with van der Waals surface area (Å²) in [6.45, 7) is 4.98. The molecule has 0 bridgehead atoms. The van der Waals surface area contributed by atoms with Gasteiger partial charge in [-0.15, -0.1) is 0 Å². The average molecular weight is 186 g/mol. The molecule has 1 heterocycles. The fraction of sp³-hybridized carbons (Fsp3) is 1.00. The molecule has 2 atom stereocenters. The van der Waals surface area contributed by atoms with Gasteiger partial charge in [0.2, 0.25) is 0 Å². The van der Waals surface area contributed by atoms with Gasteiger partial charge in [-0.2, -0.15) is 0 Å². The van der Waals surface area contributed by atoms with Crippen molar-refractivity contribution in [2.24, 2.45) is 5.73 Å². The van der Waals surface area contributed by atoms with Crippen molar-refractivity contribution in [2.75, 3.05) is 19.7 Å².